The molecular weight excluding hydrogens is 455 g/mol. The molecule has 0 amide bonds. The number of aromatic nitrogens is 1. The van der Waals surface area contributed by atoms with E-state index >= 15 is 0 Å². The third-order valence-electron chi connectivity index (χ3n) is 4.08. The highest BCUT2D eigenvalue weighted by atomic mass is 127. The van der Waals surface area contributed by atoms with Crippen LogP contribution in [0.3, 0.4) is 0 Å². The fraction of sp³-hybridized carbons (Fsp3) is 0.350. The zero-order valence-corrected chi connectivity index (χ0v) is 17.9. The molecule has 0 aliphatic heterocycles. The Balaban J connectivity index is 0.00000261. The van der Waals surface area contributed by atoms with Crippen molar-refractivity contribution in [1.82, 2.24) is 15.6 Å². The van der Waals surface area contributed by atoms with Gasteiger partial charge in [-0.1, -0.05) is 18.2 Å². The van der Waals surface area contributed by atoms with Gasteiger partial charge in [0, 0.05) is 44.3 Å². The van der Waals surface area contributed by atoms with E-state index in [2.05, 4.69) is 44.9 Å². The Kier molecular flexibility index (Phi) is 9.20. The van der Waals surface area contributed by atoms with Crippen LogP contribution in [0.25, 0.3) is 10.9 Å². The molecule has 146 valence electrons. The molecule has 0 radical (unpaired) electrons. The second-order valence-electron chi connectivity index (χ2n) is 6.04. The molecule has 0 atom stereocenters. The quantitative estimate of drug-likeness (QED) is 0.189. The minimum atomic E-state index is 0. The van der Waals surface area contributed by atoms with Crippen molar-refractivity contribution in [3.05, 3.63) is 60.2 Å². The van der Waals surface area contributed by atoms with Crippen molar-refractivity contribution in [2.75, 3.05) is 33.4 Å². The maximum Gasteiger partial charge on any atom is 0.191 e. The lowest BCUT2D eigenvalue weighted by atomic mass is 10.2. The Bertz CT molecular complexity index is 781. The van der Waals surface area contributed by atoms with E-state index in [1.165, 1.54) is 16.6 Å². The first-order valence-electron chi connectivity index (χ1n) is 8.95. The molecule has 1 aromatic carbocycles. The van der Waals surface area contributed by atoms with Gasteiger partial charge in [0.2, 0.25) is 0 Å². The number of fused-ring (bicyclic) bond motifs is 1. The van der Waals surface area contributed by atoms with E-state index in [-0.39, 0.29) is 24.0 Å². The van der Waals surface area contributed by atoms with Gasteiger partial charge in [0.05, 0.1) is 19.4 Å². The van der Waals surface area contributed by atoms with Crippen LogP contribution in [-0.4, -0.2) is 44.3 Å². The smallest absolute Gasteiger partial charge is 0.191 e. The predicted octanol–water partition coefficient (Wildman–Crippen LogP) is 3.35. The van der Waals surface area contributed by atoms with Gasteiger partial charge in [-0.15, -0.1) is 24.0 Å². The van der Waals surface area contributed by atoms with Crippen molar-refractivity contribution in [3.63, 3.8) is 0 Å². The molecule has 7 heteroatoms. The van der Waals surface area contributed by atoms with Gasteiger partial charge in [0.25, 0.3) is 0 Å². The molecule has 0 aliphatic carbocycles. The number of ether oxygens (including phenoxy) is 1. The van der Waals surface area contributed by atoms with Gasteiger partial charge >= 0.3 is 0 Å². The van der Waals surface area contributed by atoms with E-state index in [1.807, 2.05) is 18.2 Å². The summed E-state index contributed by atoms with van der Waals surface area (Å²) in [5.74, 6) is 1.76. The molecule has 0 fully saturated rings. The lowest BCUT2D eigenvalue weighted by Gasteiger charge is -2.12. The van der Waals surface area contributed by atoms with Crippen LogP contribution in [0.15, 0.2) is 58.1 Å². The molecule has 0 bridgehead atoms. The molecule has 3 rings (SSSR count). The van der Waals surface area contributed by atoms with Crippen LogP contribution in [0.4, 0.5) is 0 Å². The summed E-state index contributed by atoms with van der Waals surface area (Å²) in [5.41, 5.74) is 2.39. The Morgan fingerprint density at radius 2 is 1.93 bits per heavy atom. The summed E-state index contributed by atoms with van der Waals surface area (Å²) in [6.45, 7) is 2.79. The van der Waals surface area contributed by atoms with Crippen molar-refractivity contribution in [3.8, 4) is 0 Å². The van der Waals surface area contributed by atoms with Crippen LogP contribution in [0.1, 0.15) is 11.5 Å². The number of nitrogens with zero attached hydrogens (tertiary/aromatic N) is 1. The van der Waals surface area contributed by atoms with E-state index in [9.17, 15) is 0 Å². The second-order valence-corrected chi connectivity index (χ2v) is 6.04. The van der Waals surface area contributed by atoms with Gasteiger partial charge in [-0.05, 0) is 29.7 Å². The highest BCUT2D eigenvalue weighted by molar-refractivity contribution is 14.0. The number of aliphatic imine (C=N–C) groups is 1. The summed E-state index contributed by atoms with van der Waals surface area (Å²) >= 11 is 0. The van der Waals surface area contributed by atoms with Gasteiger partial charge in [0.15, 0.2) is 5.96 Å². The van der Waals surface area contributed by atoms with Gasteiger partial charge in [-0.3, -0.25) is 4.99 Å². The number of hydrogen-bond donors (Lipinski definition) is 3. The normalized spacial score (nSPS) is 11.4. The van der Waals surface area contributed by atoms with Crippen molar-refractivity contribution in [2.24, 2.45) is 4.99 Å². The number of halogens is 1. The number of hydrogen-bond acceptors (Lipinski definition) is 3. The van der Waals surface area contributed by atoms with Gasteiger partial charge < -0.3 is 24.8 Å². The lowest BCUT2D eigenvalue weighted by molar-refractivity contribution is 0.208. The fourth-order valence-corrected chi connectivity index (χ4v) is 2.77. The van der Waals surface area contributed by atoms with Crippen molar-refractivity contribution >= 4 is 40.8 Å². The van der Waals surface area contributed by atoms with Crippen molar-refractivity contribution in [1.29, 1.82) is 0 Å². The lowest BCUT2D eigenvalue weighted by Crippen LogP contribution is -2.39. The molecule has 6 nitrogen and oxygen atoms in total. The summed E-state index contributed by atoms with van der Waals surface area (Å²) in [4.78, 5) is 7.99. The molecule has 0 saturated carbocycles. The zero-order valence-electron chi connectivity index (χ0n) is 15.5. The van der Waals surface area contributed by atoms with E-state index in [0.29, 0.717) is 13.2 Å². The number of benzene rings is 1. The summed E-state index contributed by atoms with van der Waals surface area (Å²) < 4.78 is 10.4. The summed E-state index contributed by atoms with van der Waals surface area (Å²) in [6, 6.07) is 14.4. The minimum Gasteiger partial charge on any atom is -0.469 e. The highest BCUT2D eigenvalue weighted by Gasteiger charge is 2.03. The van der Waals surface area contributed by atoms with Crippen LogP contribution in [0, 0.1) is 0 Å². The van der Waals surface area contributed by atoms with E-state index in [1.54, 1.807) is 13.4 Å². The Hall–Kier alpha value is -2.00. The number of furan rings is 1. The molecule has 0 unspecified atom stereocenters. The van der Waals surface area contributed by atoms with Gasteiger partial charge in [0.1, 0.15) is 5.76 Å². The van der Waals surface area contributed by atoms with Crippen LogP contribution in [0.5, 0.6) is 0 Å². The minimum absolute atomic E-state index is 0. The van der Waals surface area contributed by atoms with Crippen LogP contribution >= 0.6 is 24.0 Å². The maximum absolute atomic E-state index is 5.36. The SMILES string of the molecule is COCCN=C(NCCc1cc2ccccc2[nH]1)NCCc1ccco1.I. The van der Waals surface area contributed by atoms with Crippen LogP contribution in [-0.2, 0) is 17.6 Å². The predicted molar refractivity (Wildman–Crippen MR) is 120 cm³/mol. The first-order valence-corrected chi connectivity index (χ1v) is 8.95. The zero-order chi connectivity index (χ0) is 18.0. The standard InChI is InChI=1S/C20H26N4O2.HI/c1-25-14-12-23-20(22-11-9-18-6-4-13-26-18)21-10-8-17-15-16-5-2-3-7-19(16)24-17;/h2-7,13,15,24H,8-12,14H2,1H3,(H2,21,22,23);1H. The second kappa shape index (κ2) is 11.7. The van der Waals surface area contributed by atoms with Crippen molar-refractivity contribution in [2.45, 2.75) is 12.8 Å². The summed E-state index contributed by atoms with van der Waals surface area (Å²) in [7, 11) is 1.68. The average molecular weight is 482 g/mol. The number of para-hydroxylation sites is 1. The number of methoxy groups -OCH3 is 1. The van der Waals surface area contributed by atoms with Crippen LogP contribution in [0.2, 0.25) is 0 Å². The van der Waals surface area contributed by atoms with Gasteiger partial charge in [-0.25, -0.2) is 0 Å². The largest absolute Gasteiger partial charge is 0.469 e. The third-order valence-corrected chi connectivity index (χ3v) is 4.08. The third kappa shape index (κ3) is 6.91. The molecule has 2 aromatic heterocycles. The topological polar surface area (TPSA) is 74.6 Å². The van der Waals surface area contributed by atoms with E-state index < -0.39 is 0 Å². The molecule has 27 heavy (non-hydrogen) atoms. The molecule has 3 N–H and O–H groups in total. The molecular formula is C20H27IN4O2. The van der Waals surface area contributed by atoms with Gasteiger partial charge in [-0.2, -0.15) is 0 Å². The Morgan fingerprint density at radius 1 is 1.11 bits per heavy atom. The first kappa shape index (κ1) is 21.3. The Morgan fingerprint density at radius 3 is 2.67 bits per heavy atom. The number of rotatable bonds is 9. The van der Waals surface area contributed by atoms with E-state index in [4.69, 9.17) is 9.15 Å². The first-order chi connectivity index (χ1) is 12.8. The summed E-state index contributed by atoms with van der Waals surface area (Å²) in [5, 5.41) is 7.97. The molecule has 2 heterocycles. The van der Waals surface area contributed by atoms with Crippen molar-refractivity contribution < 1.29 is 9.15 Å². The number of aromatic amines is 1. The maximum atomic E-state index is 5.36. The molecule has 0 saturated heterocycles. The van der Waals surface area contributed by atoms with Crippen LogP contribution < -0.4 is 10.6 Å². The monoisotopic (exact) mass is 482 g/mol. The summed E-state index contributed by atoms with van der Waals surface area (Å²) in [6.07, 6.45) is 3.42. The fourth-order valence-electron chi connectivity index (χ4n) is 2.77. The highest BCUT2D eigenvalue weighted by Crippen LogP contribution is 2.14. The average Bonchev–Trinajstić information content (AvgIpc) is 3.30. The number of nitrogens with one attached hydrogen (secondary N) is 3. The molecule has 3 aromatic rings. The Labute approximate surface area is 176 Å². The number of guanidine groups is 1. The molecule has 0 aliphatic rings. The number of H-pyrrole nitrogens is 1. The van der Waals surface area contributed by atoms with E-state index in [0.717, 1.165) is 37.7 Å². The molecule has 0 spiro atoms.